The number of ketones is 4. The minimum atomic E-state index is -1.81. The normalized spacial score (nSPS) is 13.8. The number of hydrogen-bond donors (Lipinski definition) is 2. The highest BCUT2D eigenvalue weighted by molar-refractivity contribution is 6.00. The van der Waals surface area contributed by atoms with Crippen LogP contribution in [0.2, 0.25) is 0 Å². The molecule has 0 rings (SSSR count). The Morgan fingerprint density at radius 2 is 0.892 bits per heavy atom. The average Bonchev–Trinajstić information content (AvgIpc) is 2.80. The van der Waals surface area contributed by atoms with Gasteiger partial charge in [0.05, 0.1) is 12.8 Å². The van der Waals surface area contributed by atoms with E-state index in [1.807, 2.05) is 0 Å². The van der Waals surface area contributed by atoms with Gasteiger partial charge >= 0.3 is 11.9 Å². The van der Waals surface area contributed by atoms with Gasteiger partial charge in [-0.15, -0.1) is 0 Å². The first kappa shape index (κ1) is 33.5. The molecule has 4 atom stereocenters. The predicted molar refractivity (Wildman–Crippen MR) is 134 cm³/mol. The molecule has 0 aliphatic carbocycles. The van der Waals surface area contributed by atoms with Gasteiger partial charge in [0.15, 0.2) is 35.3 Å². The molecule has 4 unspecified atom stereocenters. The zero-order chi connectivity index (χ0) is 29.0. The number of allylic oxidation sites excluding steroid dienone is 2. The molecule has 0 fully saturated rings. The van der Waals surface area contributed by atoms with Crippen molar-refractivity contribution in [1.82, 2.24) is 0 Å². The lowest BCUT2D eigenvalue weighted by Gasteiger charge is -2.23. The lowest BCUT2D eigenvalue weighted by Crippen LogP contribution is -2.39. The lowest BCUT2D eigenvalue weighted by atomic mass is 9.98. The van der Waals surface area contributed by atoms with Crippen molar-refractivity contribution in [2.45, 2.75) is 84.2 Å². The quantitative estimate of drug-likeness (QED) is 0.202. The van der Waals surface area contributed by atoms with Crippen LogP contribution in [0, 0.1) is 0 Å². The summed E-state index contributed by atoms with van der Waals surface area (Å²) in [7, 11) is 0. The molecule has 204 valence electrons. The number of Topliss-reactive ketones (excluding diaryl/α,β-unsaturated/α-hetero) is 4. The molecular weight excluding hydrogens is 484 g/mol. The van der Waals surface area contributed by atoms with Crippen LogP contribution in [0.15, 0.2) is 48.6 Å². The minimum Gasteiger partial charge on any atom is -0.459 e. The number of ether oxygens (including phenoxy) is 2. The standard InChI is InChI=1S/C27H36O10/c1-14(2)18(28)12-20(26(34)24(32)16(5)6)36-22(30)10-9-11-23(31)37-21(13-19(29)15(3)4)27(35)25(33)17(7)8/h20-21,26-27,34-35H,1,3,5,7,9-13H2,2,4,6,8H3. The Balaban J connectivity index is 5.19. The van der Waals surface area contributed by atoms with Crippen LogP contribution in [0.25, 0.3) is 0 Å². The number of carbonyl (C=O) groups is 6. The summed E-state index contributed by atoms with van der Waals surface area (Å²) >= 11 is 0. The highest BCUT2D eigenvalue weighted by Crippen LogP contribution is 2.16. The number of rotatable bonds is 18. The minimum absolute atomic E-state index is 0.00562. The maximum absolute atomic E-state index is 12.3. The van der Waals surface area contributed by atoms with E-state index in [1.165, 1.54) is 27.7 Å². The SMILES string of the molecule is C=C(C)C(=O)CC(OC(=O)CCCC(=O)OC(CC(=O)C(=C)C)C(O)C(=O)C(=C)C)C(O)C(=O)C(=C)C. The molecule has 0 aliphatic heterocycles. The van der Waals surface area contributed by atoms with Gasteiger partial charge in [-0.25, -0.2) is 0 Å². The molecule has 0 spiro atoms. The Labute approximate surface area is 216 Å². The van der Waals surface area contributed by atoms with E-state index in [2.05, 4.69) is 26.3 Å². The van der Waals surface area contributed by atoms with Crippen LogP contribution in [0.3, 0.4) is 0 Å². The van der Waals surface area contributed by atoms with Gasteiger partial charge in [0.1, 0.15) is 12.2 Å². The number of hydrogen-bond acceptors (Lipinski definition) is 10. The molecule has 37 heavy (non-hydrogen) atoms. The van der Waals surface area contributed by atoms with Crippen LogP contribution >= 0.6 is 0 Å². The van der Waals surface area contributed by atoms with E-state index >= 15 is 0 Å². The molecule has 0 radical (unpaired) electrons. The fourth-order valence-corrected chi connectivity index (χ4v) is 2.82. The molecule has 0 heterocycles. The topological polar surface area (TPSA) is 161 Å². The summed E-state index contributed by atoms with van der Waals surface area (Å²) in [6.07, 6.45) is -8.32. The van der Waals surface area contributed by atoms with E-state index in [4.69, 9.17) is 9.47 Å². The largest absolute Gasteiger partial charge is 0.459 e. The fraction of sp³-hybridized carbons (Fsp3) is 0.481. The number of esters is 2. The van der Waals surface area contributed by atoms with Crippen molar-refractivity contribution in [3.8, 4) is 0 Å². The Hall–Kier alpha value is -3.50. The van der Waals surface area contributed by atoms with Crippen LogP contribution < -0.4 is 0 Å². The molecule has 0 saturated heterocycles. The van der Waals surface area contributed by atoms with Crippen molar-refractivity contribution in [1.29, 1.82) is 0 Å². The summed E-state index contributed by atoms with van der Waals surface area (Å²) in [5, 5.41) is 20.5. The van der Waals surface area contributed by atoms with Crippen molar-refractivity contribution in [2.75, 3.05) is 0 Å². The van der Waals surface area contributed by atoms with E-state index < -0.39 is 72.3 Å². The predicted octanol–water partition coefficient (Wildman–Crippen LogP) is 2.06. The number of carbonyl (C=O) groups excluding carboxylic acids is 6. The number of aliphatic hydroxyl groups is 2. The Kier molecular flexibility index (Phi) is 14.1. The van der Waals surface area contributed by atoms with Crippen LogP contribution in [0.4, 0.5) is 0 Å². The maximum atomic E-state index is 12.3. The van der Waals surface area contributed by atoms with Gasteiger partial charge in [-0.2, -0.15) is 0 Å². The van der Waals surface area contributed by atoms with Crippen LogP contribution in [-0.2, 0) is 38.2 Å². The van der Waals surface area contributed by atoms with Gasteiger partial charge < -0.3 is 19.7 Å². The van der Waals surface area contributed by atoms with E-state index in [0.29, 0.717) is 0 Å². The van der Waals surface area contributed by atoms with Crippen molar-refractivity contribution in [2.24, 2.45) is 0 Å². The van der Waals surface area contributed by atoms with Gasteiger partial charge in [-0.1, -0.05) is 26.3 Å². The third-order valence-electron chi connectivity index (χ3n) is 5.14. The van der Waals surface area contributed by atoms with Crippen molar-refractivity contribution in [3.63, 3.8) is 0 Å². The van der Waals surface area contributed by atoms with E-state index in [0.717, 1.165) is 0 Å². The smallest absolute Gasteiger partial charge is 0.306 e. The molecule has 0 bridgehead atoms. The molecule has 10 nitrogen and oxygen atoms in total. The summed E-state index contributed by atoms with van der Waals surface area (Å²) in [5.74, 6) is -4.43. The molecule has 0 aromatic rings. The second-order valence-electron chi connectivity index (χ2n) is 8.90. The van der Waals surface area contributed by atoms with Gasteiger partial charge in [0.25, 0.3) is 0 Å². The molecule has 2 N–H and O–H groups in total. The average molecular weight is 521 g/mol. The van der Waals surface area contributed by atoms with E-state index in [1.54, 1.807) is 0 Å². The monoisotopic (exact) mass is 520 g/mol. The van der Waals surface area contributed by atoms with Crippen LogP contribution in [0.5, 0.6) is 0 Å². The highest BCUT2D eigenvalue weighted by Gasteiger charge is 2.33. The zero-order valence-electron chi connectivity index (χ0n) is 21.8. The second kappa shape index (κ2) is 15.6. The first-order valence-corrected chi connectivity index (χ1v) is 11.5. The van der Waals surface area contributed by atoms with Gasteiger partial charge in [0, 0.05) is 12.8 Å². The molecule has 10 heteroatoms. The molecule has 0 aliphatic rings. The van der Waals surface area contributed by atoms with Crippen molar-refractivity contribution < 1.29 is 48.5 Å². The van der Waals surface area contributed by atoms with Gasteiger partial charge in [-0.05, 0) is 56.4 Å². The Bertz CT molecular complexity index is 909. The molecule has 0 amide bonds. The summed E-state index contributed by atoms with van der Waals surface area (Å²) in [4.78, 5) is 72.8. The second-order valence-corrected chi connectivity index (χ2v) is 8.90. The maximum Gasteiger partial charge on any atom is 0.306 e. The molecule has 0 aromatic heterocycles. The van der Waals surface area contributed by atoms with Crippen LogP contribution in [0.1, 0.15) is 59.8 Å². The summed E-state index contributed by atoms with van der Waals surface area (Å²) < 4.78 is 10.3. The summed E-state index contributed by atoms with van der Waals surface area (Å²) in [5.41, 5.74) is 0.300. The van der Waals surface area contributed by atoms with Crippen molar-refractivity contribution >= 4 is 35.1 Å². The molecule has 0 saturated carbocycles. The zero-order valence-corrected chi connectivity index (χ0v) is 21.8. The first-order valence-electron chi connectivity index (χ1n) is 11.5. The van der Waals surface area contributed by atoms with E-state index in [-0.39, 0.29) is 41.6 Å². The summed E-state index contributed by atoms with van der Waals surface area (Å²) in [6, 6.07) is 0. The number of aliphatic hydroxyl groups excluding tert-OH is 2. The first-order chi connectivity index (χ1) is 17.0. The van der Waals surface area contributed by atoms with Crippen molar-refractivity contribution in [3.05, 3.63) is 48.6 Å². The van der Waals surface area contributed by atoms with Gasteiger partial charge in [0.2, 0.25) is 0 Å². The lowest BCUT2D eigenvalue weighted by molar-refractivity contribution is -0.159. The molecular formula is C27H36O10. The van der Waals surface area contributed by atoms with Crippen LogP contribution in [-0.4, -0.2) is 69.7 Å². The molecule has 0 aromatic carbocycles. The third-order valence-corrected chi connectivity index (χ3v) is 5.14. The van der Waals surface area contributed by atoms with E-state index in [9.17, 15) is 39.0 Å². The Morgan fingerprint density at radius 1 is 0.595 bits per heavy atom. The fourth-order valence-electron chi connectivity index (χ4n) is 2.82. The third kappa shape index (κ3) is 11.9. The summed E-state index contributed by atoms with van der Waals surface area (Å²) in [6.45, 7) is 19.4. The highest BCUT2D eigenvalue weighted by atomic mass is 16.6. The Morgan fingerprint density at radius 3 is 1.14 bits per heavy atom. The van der Waals surface area contributed by atoms with Gasteiger partial charge in [-0.3, -0.25) is 28.8 Å².